The van der Waals surface area contributed by atoms with Crippen LogP contribution in [-0.2, 0) is 14.3 Å². The number of hydrogen-bond acceptors (Lipinski definition) is 5. The fourth-order valence-electron chi connectivity index (χ4n) is 3.63. The molecule has 6 nitrogen and oxygen atoms in total. The number of carbonyl (C=O) groups excluding carboxylic acids is 1. The van der Waals surface area contributed by atoms with E-state index in [1.807, 2.05) is 43.0 Å². The van der Waals surface area contributed by atoms with Crippen LogP contribution in [0.5, 0.6) is 0 Å². The first kappa shape index (κ1) is 18.6. The fraction of sp³-hybridized carbons (Fsp3) is 0.333. The quantitative estimate of drug-likeness (QED) is 0.766. The van der Waals surface area contributed by atoms with Gasteiger partial charge in [0.25, 0.3) is 5.91 Å². The van der Waals surface area contributed by atoms with Gasteiger partial charge in [0, 0.05) is 55.3 Å². The van der Waals surface area contributed by atoms with E-state index in [2.05, 4.69) is 10.3 Å². The van der Waals surface area contributed by atoms with Gasteiger partial charge in [0.15, 0.2) is 6.29 Å². The lowest BCUT2D eigenvalue weighted by molar-refractivity contribution is -0.140. The molecule has 0 saturated heterocycles. The van der Waals surface area contributed by atoms with Gasteiger partial charge in [-0.25, -0.2) is 9.38 Å². The Labute approximate surface area is 163 Å². The minimum Gasteiger partial charge on any atom is -0.349 e. The van der Waals surface area contributed by atoms with Crippen molar-refractivity contribution in [3.05, 3.63) is 70.5 Å². The predicted molar refractivity (Wildman–Crippen MR) is 103 cm³/mol. The monoisotopic (exact) mass is 383 g/mol. The van der Waals surface area contributed by atoms with Crippen molar-refractivity contribution in [2.45, 2.75) is 26.6 Å². The summed E-state index contributed by atoms with van der Waals surface area (Å²) in [4.78, 5) is 18.3. The lowest BCUT2D eigenvalue weighted by Crippen LogP contribution is -2.31. The van der Waals surface area contributed by atoms with Crippen LogP contribution >= 0.6 is 0 Å². The zero-order valence-corrected chi connectivity index (χ0v) is 15.9. The van der Waals surface area contributed by atoms with E-state index in [1.165, 1.54) is 6.20 Å². The van der Waals surface area contributed by atoms with Gasteiger partial charge in [-0.1, -0.05) is 24.3 Å². The fourth-order valence-corrected chi connectivity index (χ4v) is 3.63. The van der Waals surface area contributed by atoms with E-state index < -0.39 is 18.0 Å². The highest BCUT2D eigenvalue weighted by Crippen LogP contribution is 2.37. The van der Waals surface area contributed by atoms with E-state index in [0.717, 1.165) is 28.7 Å². The molecule has 1 aromatic rings. The topological polar surface area (TPSA) is 63.2 Å². The van der Waals surface area contributed by atoms with E-state index in [1.54, 1.807) is 0 Å². The maximum absolute atomic E-state index is 14.4. The molecule has 0 fully saturated rings. The first-order valence-corrected chi connectivity index (χ1v) is 9.43. The molecule has 1 aromatic carbocycles. The molecule has 0 atom stereocenters. The minimum atomic E-state index is -0.566. The summed E-state index contributed by atoms with van der Waals surface area (Å²) in [6.07, 6.45) is 2.70. The molecular formula is C21H22FN3O3. The second-order valence-electron chi connectivity index (χ2n) is 6.57. The Kier molecular flexibility index (Phi) is 5.11. The summed E-state index contributed by atoms with van der Waals surface area (Å²) in [7, 11) is 0. The minimum absolute atomic E-state index is 0.346. The molecule has 0 spiro atoms. The maximum Gasteiger partial charge on any atom is 0.251 e. The van der Waals surface area contributed by atoms with Gasteiger partial charge in [0.1, 0.15) is 11.7 Å². The molecule has 0 unspecified atom stereocenters. The number of hydrogen-bond donors (Lipinski definition) is 1. The third-order valence-electron chi connectivity index (χ3n) is 4.83. The number of nitrogens with one attached hydrogen (secondary N) is 1. The number of allylic oxidation sites excluding steroid dienone is 1. The average molecular weight is 383 g/mol. The standard InChI is InChI=1S/C21H22FN3O3/c1-3-27-21(28-4-2)14-7-5-13(6-8-14)20-23-12-15-16(22)11-18(26)24-17-9-10-25(20)19(15)17/h5-8,11-12,21H,3-4,9-10H2,1-2H3,(H,24,26). The molecule has 3 heterocycles. The summed E-state index contributed by atoms with van der Waals surface area (Å²) in [5, 5.41) is 2.78. The van der Waals surface area contributed by atoms with Gasteiger partial charge >= 0.3 is 0 Å². The molecule has 0 bridgehead atoms. The molecule has 0 radical (unpaired) electrons. The number of halogens is 1. The zero-order valence-electron chi connectivity index (χ0n) is 15.9. The van der Waals surface area contributed by atoms with Gasteiger partial charge < -0.3 is 19.7 Å². The van der Waals surface area contributed by atoms with Crippen molar-refractivity contribution in [1.82, 2.24) is 10.2 Å². The highest BCUT2D eigenvalue weighted by molar-refractivity contribution is 6.03. The van der Waals surface area contributed by atoms with Crippen molar-refractivity contribution in [3.63, 3.8) is 0 Å². The van der Waals surface area contributed by atoms with Crippen molar-refractivity contribution >= 4 is 11.7 Å². The lowest BCUT2D eigenvalue weighted by atomic mass is 10.1. The molecule has 0 aromatic heterocycles. The first-order valence-electron chi connectivity index (χ1n) is 9.43. The SMILES string of the molecule is CCOC(OCC)c1ccc(C2=NC=C3C(F)=CC(=O)NC4=C3N2CC4)cc1. The Morgan fingerprint density at radius 2 is 1.93 bits per heavy atom. The molecule has 4 rings (SSSR count). The summed E-state index contributed by atoms with van der Waals surface area (Å²) >= 11 is 0. The van der Waals surface area contributed by atoms with E-state index in [9.17, 15) is 9.18 Å². The smallest absolute Gasteiger partial charge is 0.251 e. The van der Waals surface area contributed by atoms with Crippen LogP contribution in [0, 0.1) is 0 Å². The summed E-state index contributed by atoms with van der Waals surface area (Å²) in [6.45, 7) is 5.61. The highest BCUT2D eigenvalue weighted by Gasteiger charge is 2.35. The molecule has 0 aliphatic carbocycles. The largest absolute Gasteiger partial charge is 0.349 e. The molecule has 28 heavy (non-hydrogen) atoms. The first-order chi connectivity index (χ1) is 13.6. The molecular weight excluding hydrogens is 361 g/mol. The summed E-state index contributed by atoms with van der Waals surface area (Å²) < 4.78 is 25.7. The number of carbonyl (C=O) groups is 1. The Morgan fingerprint density at radius 1 is 1.21 bits per heavy atom. The van der Waals surface area contributed by atoms with E-state index >= 15 is 0 Å². The van der Waals surface area contributed by atoms with Gasteiger partial charge in [0.2, 0.25) is 0 Å². The predicted octanol–water partition coefficient (Wildman–Crippen LogP) is 3.30. The third kappa shape index (κ3) is 3.27. The van der Waals surface area contributed by atoms with Crippen LogP contribution in [0.1, 0.15) is 37.7 Å². The van der Waals surface area contributed by atoms with Crippen molar-refractivity contribution in [2.24, 2.45) is 4.99 Å². The van der Waals surface area contributed by atoms with Crippen LogP contribution in [0.3, 0.4) is 0 Å². The Balaban J connectivity index is 1.66. The number of amides is 1. The molecule has 3 aliphatic rings. The van der Waals surface area contributed by atoms with Gasteiger partial charge in [-0.2, -0.15) is 0 Å². The average Bonchev–Trinajstić information content (AvgIpc) is 3.05. The molecule has 1 amide bonds. The van der Waals surface area contributed by atoms with Gasteiger partial charge in [-0.15, -0.1) is 0 Å². The normalized spacial score (nSPS) is 18.5. The summed E-state index contributed by atoms with van der Waals surface area (Å²) in [5.74, 6) is -0.279. The second kappa shape index (κ2) is 7.69. The molecule has 3 aliphatic heterocycles. The molecule has 146 valence electrons. The van der Waals surface area contributed by atoms with Crippen molar-refractivity contribution < 1.29 is 18.7 Å². The highest BCUT2D eigenvalue weighted by atomic mass is 19.1. The molecule has 7 heteroatoms. The van der Waals surface area contributed by atoms with Crippen LogP contribution in [0.2, 0.25) is 0 Å². The van der Waals surface area contributed by atoms with Crippen LogP contribution < -0.4 is 5.32 Å². The Bertz CT molecular complexity index is 909. The van der Waals surface area contributed by atoms with E-state index in [0.29, 0.717) is 37.4 Å². The maximum atomic E-state index is 14.4. The van der Waals surface area contributed by atoms with Crippen molar-refractivity contribution in [1.29, 1.82) is 0 Å². The summed E-state index contributed by atoms with van der Waals surface area (Å²) in [6, 6.07) is 7.82. The molecule has 0 saturated carbocycles. The van der Waals surface area contributed by atoms with Gasteiger partial charge in [-0.05, 0) is 13.8 Å². The third-order valence-corrected chi connectivity index (χ3v) is 4.83. The Morgan fingerprint density at radius 3 is 2.61 bits per heavy atom. The number of nitrogens with zero attached hydrogens (tertiary/aromatic N) is 2. The number of amidine groups is 1. The van der Waals surface area contributed by atoms with Gasteiger partial charge in [0.05, 0.1) is 11.3 Å². The van der Waals surface area contributed by atoms with Crippen LogP contribution in [0.15, 0.2) is 64.3 Å². The van der Waals surface area contributed by atoms with E-state index in [-0.39, 0.29) is 0 Å². The summed E-state index contributed by atoms with van der Waals surface area (Å²) in [5.41, 5.74) is 3.60. The van der Waals surface area contributed by atoms with Crippen molar-refractivity contribution in [3.8, 4) is 0 Å². The van der Waals surface area contributed by atoms with Gasteiger partial charge in [-0.3, -0.25) is 4.79 Å². The van der Waals surface area contributed by atoms with Crippen LogP contribution in [0.4, 0.5) is 4.39 Å². The zero-order chi connectivity index (χ0) is 19.7. The molecule has 1 N–H and O–H groups in total. The number of benzene rings is 1. The van der Waals surface area contributed by atoms with Crippen molar-refractivity contribution in [2.75, 3.05) is 19.8 Å². The Hall–Kier alpha value is -2.77. The number of rotatable bonds is 6. The van der Waals surface area contributed by atoms with E-state index in [4.69, 9.17) is 9.47 Å². The number of ether oxygens (including phenoxy) is 2. The van der Waals surface area contributed by atoms with Crippen LogP contribution in [0.25, 0.3) is 0 Å². The second-order valence-corrected chi connectivity index (χ2v) is 6.57. The van der Waals surface area contributed by atoms with Crippen LogP contribution in [-0.4, -0.2) is 36.4 Å². The number of aliphatic imine (C=N–C) groups is 1. The lowest BCUT2D eigenvalue weighted by Gasteiger charge is -2.28.